The van der Waals surface area contributed by atoms with E-state index in [9.17, 15) is 4.39 Å². The van der Waals surface area contributed by atoms with Crippen molar-refractivity contribution in [3.05, 3.63) is 24.0 Å². The molecule has 1 saturated carbocycles. The molecule has 2 aliphatic heterocycles. The predicted molar refractivity (Wildman–Crippen MR) is 103 cm³/mol. The van der Waals surface area contributed by atoms with E-state index in [-0.39, 0.29) is 17.7 Å². The summed E-state index contributed by atoms with van der Waals surface area (Å²) in [6.07, 6.45) is 5.47. The van der Waals surface area contributed by atoms with Gasteiger partial charge in [-0.3, -0.25) is 4.90 Å². The van der Waals surface area contributed by atoms with E-state index < -0.39 is 0 Å². The maximum atomic E-state index is 14.8. The van der Waals surface area contributed by atoms with E-state index in [2.05, 4.69) is 19.9 Å². The number of nitrogens with zero attached hydrogens (tertiary/aromatic N) is 5. The third-order valence-corrected chi connectivity index (χ3v) is 6.52. The Kier molecular flexibility index (Phi) is 3.96. The molecule has 3 fully saturated rings. The second kappa shape index (κ2) is 6.37. The highest BCUT2D eigenvalue weighted by Crippen LogP contribution is 2.38. The number of fused-ring (bicyclic) bond motifs is 1. The first-order chi connectivity index (χ1) is 13.1. The molecule has 0 bridgehead atoms. The molecule has 2 aromatic rings. The fourth-order valence-electron chi connectivity index (χ4n) is 5.21. The van der Waals surface area contributed by atoms with Crippen LogP contribution in [0.2, 0.25) is 0 Å². The Bertz CT molecular complexity index is 831. The SMILES string of the molecule is Nc1nc(N)n(-c2ccc(N3CC4CN(C5CCCC5)CC4C3)c(F)c2)n1. The molecule has 8 heteroatoms. The first kappa shape index (κ1) is 16.8. The Hall–Kier alpha value is -2.35. The number of rotatable bonds is 3. The number of hydrogen-bond donors (Lipinski definition) is 2. The smallest absolute Gasteiger partial charge is 0.241 e. The van der Waals surface area contributed by atoms with Crippen molar-refractivity contribution in [1.82, 2.24) is 19.7 Å². The first-order valence-electron chi connectivity index (χ1n) is 9.85. The highest BCUT2D eigenvalue weighted by Gasteiger charge is 2.42. The predicted octanol–water partition coefficient (Wildman–Crippen LogP) is 1.88. The number of nitrogens with two attached hydrogens (primary N) is 2. The first-order valence-corrected chi connectivity index (χ1v) is 9.85. The fourth-order valence-corrected chi connectivity index (χ4v) is 5.21. The zero-order valence-electron chi connectivity index (χ0n) is 15.4. The van der Waals surface area contributed by atoms with Crippen LogP contribution in [0.3, 0.4) is 0 Å². The Morgan fingerprint density at radius 2 is 1.70 bits per heavy atom. The maximum Gasteiger partial charge on any atom is 0.241 e. The van der Waals surface area contributed by atoms with Gasteiger partial charge in [0.1, 0.15) is 5.82 Å². The number of aromatic nitrogens is 3. The lowest BCUT2D eigenvalue weighted by atomic mass is 10.0. The van der Waals surface area contributed by atoms with Crippen LogP contribution in [0.25, 0.3) is 5.69 Å². The minimum absolute atomic E-state index is 0.0798. The normalized spacial score (nSPS) is 26.2. The van der Waals surface area contributed by atoms with Crippen molar-refractivity contribution >= 4 is 17.6 Å². The van der Waals surface area contributed by atoms with Crippen LogP contribution in [0, 0.1) is 17.7 Å². The van der Waals surface area contributed by atoms with Gasteiger partial charge in [-0.15, -0.1) is 5.10 Å². The number of anilines is 3. The van der Waals surface area contributed by atoms with E-state index in [1.54, 1.807) is 0 Å². The molecule has 144 valence electrons. The summed E-state index contributed by atoms with van der Waals surface area (Å²) in [5, 5.41) is 4.01. The van der Waals surface area contributed by atoms with Crippen molar-refractivity contribution in [3.8, 4) is 5.69 Å². The van der Waals surface area contributed by atoms with E-state index in [4.69, 9.17) is 11.5 Å². The summed E-state index contributed by atoms with van der Waals surface area (Å²) in [6.45, 7) is 4.20. The van der Waals surface area contributed by atoms with Gasteiger partial charge < -0.3 is 16.4 Å². The lowest BCUT2D eigenvalue weighted by Gasteiger charge is -2.27. The number of nitrogen functional groups attached to an aromatic ring is 2. The van der Waals surface area contributed by atoms with Gasteiger partial charge in [-0.2, -0.15) is 9.67 Å². The highest BCUT2D eigenvalue weighted by atomic mass is 19.1. The molecule has 3 heterocycles. The summed E-state index contributed by atoms with van der Waals surface area (Å²) in [5.41, 5.74) is 12.5. The summed E-state index contributed by atoms with van der Waals surface area (Å²) in [7, 11) is 0. The van der Waals surface area contributed by atoms with Gasteiger partial charge in [-0.05, 0) is 36.8 Å². The van der Waals surface area contributed by atoms with Crippen molar-refractivity contribution < 1.29 is 4.39 Å². The van der Waals surface area contributed by atoms with E-state index in [0.29, 0.717) is 23.2 Å². The number of halogens is 1. The van der Waals surface area contributed by atoms with Gasteiger partial charge in [0.25, 0.3) is 0 Å². The second-order valence-electron chi connectivity index (χ2n) is 8.19. The minimum Gasteiger partial charge on any atom is -0.368 e. The van der Waals surface area contributed by atoms with Crippen molar-refractivity contribution in [1.29, 1.82) is 0 Å². The van der Waals surface area contributed by atoms with Crippen LogP contribution in [0.4, 0.5) is 22.0 Å². The average Bonchev–Trinajstić information content (AvgIpc) is 3.37. The largest absolute Gasteiger partial charge is 0.368 e. The summed E-state index contributed by atoms with van der Waals surface area (Å²) in [5.74, 6) is 1.28. The molecule has 7 nitrogen and oxygen atoms in total. The summed E-state index contributed by atoms with van der Waals surface area (Å²) in [6, 6.07) is 5.89. The third kappa shape index (κ3) is 2.92. The van der Waals surface area contributed by atoms with Gasteiger partial charge in [0.15, 0.2) is 0 Å². The van der Waals surface area contributed by atoms with E-state index >= 15 is 0 Å². The molecule has 27 heavy (non-hydrogen) atoms. The molecule has 0 amide bonds. The van der Waals surface area contributed by atoms with Crippen LogP contribution < -0.4 is 16.4 Å². The summed E-state index contributed by atoms with van der Waals surface area (Å²) in [4.78, 5) is 8.75. The van der Waals surface area contributed by atoms with Gasteiger partial charge in [0.2, 0.25) is 11.9 Å². The molecule has 2 atom stereocenters. The minimum atomic E-state index is -0.256. The van der Waals surface area contributed by atoms with Crippen LogP contribution in [0.1, 0.15) is 25.7 Å². The maximum absolute atomic E-state index is 14.8. The zero-order chi connectivity index (χ0) is 18.5. The van der Waals surface area contributed by atoms with Gasteiger partial charge >= 0.3 is 0 Å². The van der Waals surface area contributed by atoms with Gasteiger partial charge in [-0.25, -0.2) is 4.39 Å². The zero-order valence-corrected chi connectivity index (χ0v) is 15.4. The third-order valence-electron chi connectivity index (χ3n) is 6.52. The molecular formula is C19H26FN7. The van der Waals surface area contributed by atoms with Crippen LogP contribution in [-0.4, -0.2) is 51.9 Å². The quantitative estimate of drug-likeness (QED) is 0.856. The molecular weight excluding hydrogens is 345 g/mol. The van der Waals surface area contributed by atoms with Crippen molar-refractivity contribution in [2.75, 3.05) is 42.5 Å². The van der Waals surface area contributed by atoms with Crippen LogP contribution in [0.5, 0.6) is 0 Å². The van der Waals surface area contributed by atoms with E-state index in [1.165, 1.54) is 49.5 Å². The Morgan fingerprint density at radius 3 is 2.30 bits per heavy atom. The lowest BCUT2D eigenvalue weighted by Crippen LogP contribution is -2.35. The van der Waals surface area contributed by atoms with Crippen molar-refractivity contribution in [2.45, 2.75) is 31.7 Å². The number of likely N-dealkylation sites (tertiary alicyclic amines) is 1. The molecule has 2 saturated heterocycles. The van der Waals surface area contributed by atoms with Crippen molar-refractivity contribution in [3.63, 3.8) is 0 Å². The van der Waals surface area contributed by atoms with Gasteiger partial charge in [0.05, 0.1) is 11.4 Å². The summed E-state index contributed by atoms with van der Waals surface area (Å²) >= 11 is 0. The molecule has 0 radical (unpaired) electrons. The van der Waals surface area contributed by atoms with Gasteiger partial charge in [-0.1, -0.05) is 12.8 Å². The summed E-state index contributed by atoms with van der Waals surface area (Å²) < 4.78 is 16.2. The topological polar surface area (TPSA) is 89.2 Å². The van der Waals surface area contributed by atoms with E-state index in [0.717, 1.165) is 19.1 Å². The fraction of sp³-hybridized carbons (Fsp3) is 0.579. The monoisotopic (exact) mass is 371 g/mol. The van der Waals surface area contributed by atoms with Crippen molar-refractivity contribution in [2.24, 2.45) is 11.8 Å². The molecule has 1 aliphatic carbocycles. The molecule has 2 unspecified atom stereocenters. The van der Waals surface area contributed by atoms with E-state index in [1.807, 2.05) is 12.1 Å². The second-order valence-corrected chi connectivity index (χ2v) is 8.19. The van der Waals surface area contributed by atoms with Crippen LogP contribution >= 0.6 is 0 Å². The highest BCUT2D eigenvalue weighted by molar-refractivity contribution is 5.54. The van der Waals surface area contributed by atoms with Crippen LogP contribution in [0.15, 0.2) is 18.2 Å². The Morgan fingerprint density at radius 1 is 1.00 bits per heavy atom. The Labute approximate surface area is 158 Å². The average molecular weight is 371 g/mol. The lowest BCUT2D eigenvalue weighted by molar-refractivity contribution is 0.231. The molecule has 3 aliphatic rings. The number of benzene rings is 1. The molecule has 4 N–H and O–H groups in total. The molecule has 1 aromatic heterocycles. The molecule has 0 spiro atoms. The molecule has 5 rings (SSSR count). The van der Waals surface area contributed by atoms with Crippen LogP contribution in [-0.2, 0) is 0 Å². The molecule has 1 aromatic carbocycles. The van der Waals surface area contributed by atoms with Gasteiger partial charge in [0, 0.05) is 38.3 Å². The number of hydrogen-bond acceptors (Lipinski definition) is 6. The standard InChI is InChI=1S/C19H26FN7/c20-16-7-15(27-19(22)23-18(21)24-27)5-6-17(16)26-10-12-8-25(9-13(12)11-26)14-3-1-2-4-14/h5-7,12-14H,1-4,8-11H2,(H4,21,22,23,24). The Balaban J connectivity index is 1.30.